The van der Waals surface area contributed by atoms with Gasteiger partial charge in [0.1, 0.15) is 17.1 Å². The van der Waals surface area contributed by atoms with Gasteiger partial charge in [-0.3, -0.25) is 0 Å². The van der Waals surface area contributed by atoms with Crippen LogP contribution in [0.4, 0.5) is 0 Å². The number of carbonyl (C=O) groups is 1. The van der Waals surface area contributed by atoms with Crippen molar-refractivity contribution in [2.45, 2.75) is 26.2 Å². The molecule has 0 N–H and O–H groups in total. The van der Waals surface area contributed by atoms with Gasteiger partial charge >= 0.3 is 0 Å². The number of para-hydroxylation sites is 1. The Labute approximate surface area is 88.9 Å². The maximum atomic E-state index is 11.0. The van der Waals surface area contributed by atoms with Crippen LogP contribution in [-0.4, -0.2) is 5.78 Å². The second kappa shape index (κ2) is 3.89. The number of fused-ring (bicyclic) bond motifs is 1. The summed E-state index contributed by atoms with van der Waals surface area (Å²) in [4.78, 5) is 11.0. The summed E-state index contributed by atoms with van der Waals surface area (Å²) < 4.78 is 5.68. The quantitative estimate of drug-likeness (QED) is 0.762. The smallest absolute Gasteiger partial charge is 0.134 e. The Kier molecular flexibility index (Phi) is 2.58. The largest absolute Gasteiger partial charge is 0.461 e. The minimum Gasteiger partial charge on any atom is -0.461 e. The van der Waals surface area contributed by atoms with Gasteiger partial charge in [0, 0.05) is 17.7 Å². The van der Waals surface area contributed by atoms with E-state index in [1.165, 1.54) is 0 Å². The molecule has 1 aromatic carbocycles. The van der Waals surface area contributed by atoms with E-state index in [-0.39, 0.29) is 11.7 Å². The maximum Gasteiger partial charge on any atom is 0.134 e. The molecule has 0 saturated heterocycles. The van der Waals surface area contributed by atoms with Crippen molar-refractivity contribution < 1.29 is 9.21 Å². The molecule has 0 aliphatic carbocycles. The topological polar surface area (TPSA) is 30.2 Å². The van der Waals surface area contributed by atoms with Crippen LogP contribution in [0.15, 0.2) is 34.7 Å². The van der Waals surface area contributed by atoms with E-state index < -0.39 is 0 Å². The average Bonchev–Trinajstić information content (AvgIpc) is 2.59. The lowest BCUT2D eigenvalue weighted by Gasteiger charge is -2.03. The monoisotopic (exact) mass is 202 g/mol. The highest BCUT2D eigenvalue weighted by Crippen LogP contribution is 2.26. The zero-order valence-electron chi connectivity index (χ0n) is 8.99. The van der Waals surface area contributed by atoms with Gasteiger partial charge in [-0.05, 0) is 19.1 Å². The van der Waals surface area contributed by atoms with E-state index in [1.807, 2.05) is 37.3 Å². The number of rotatable bonds is 3. The Morgan fingerprint density at radius 2 is 2.13 bits per heavy atom. The third-order valence-electron chi connectivity index (χ3n) is 2.52. The van der Waals surface area contributed by atoms with E-state index in [2.05, 4.69) is 0 Å². The van der Waals surface area contributed by atoms with Crippen molar-refractivity contribution in [2.75, 3.05) is 0 Å². The van der Waals surface area contributed by atoms with Crippen LogP contribution in [0.1, 0.15) is 31.9 Å². The molecule has 2 rings (SSSR count). The van der Waals surface area contributed by atoms with Crippen molar-refractivity contribution in [2.24, 2.45) is 0 Å². The fourth-order valence-electron chi connectivity index (χ4n) is 1.78. The first-order chi connectivity index (χ1) is 7.16. The fraction of sp³-hybridized carbons (Fsp3) is 0.308. The Hall–Kier alpha value is -1.57. The van der Waals surface area contributed by atoms with E-state index in [0.29, 0.717) is 6.42 Å². The third kappa shape index (κ3) is 2.09. The van der Waals surface area contributed by atoms with Crippen LogP contribution in [0.5, 0.6) is 0 Å². The van der Waals surface area contributed by atoms with Gasteiger partial charge in [-0.15, -0.1) is 0 Å². The summed E-state index contributed by atoms with van der Waals surface area (Å²) in [6, 6.07) is 9.91. The average molecular weight is 202 g/mol. The first kappa shape index (κ1) is 9.97. The summed E-state index contributed by atoms with van der Waals surface area (Å²) in [6.45, 7) is 3.62. The second-order valence-corrected chi connectivity index (χ2v) is 3.99. The van der Waals surface area contributed by atoms with Crippen LogP contribution in [0.2, 0.25) is 0 Å². The lowest BCUT2D eigenvalue weighted by molar-refractivity contribution is -0.117. The normalized spacial score (nSPS) is 12.9. The van der Waals surface area contributed by atoms with Gasteiger partial charge in [0.25, 0.3) is 0 Å². The molecule has 0 spiro atoms. The molecule has 15 heavy (non-hydrogen) atoms. The van der Waals surface area contributed by atoms with Crippen molar-refractivity contribution in [3.05, 3.63) is 36.1 Å². The van der Waals surface area contributed by atoms with E-state index in [4.69, 9.17) is 4.42 Å². The first-order valence-electron chi connectivity index (χ1n) is 5.14. The Balaban J connectivity index is 2.32. The van der Waals surface area contributed by atoms with Crippen LogP contribution in [0, 0.1) is 0 Å². The molecule has 0 bridgehead atoms. The summed E-state index contributed by atoms with van der Waals surface area (Å²) in [5.41, 5.74) is 0.892. The standard InChI is InChI=1S/C13H14O2/c1-9(7-10(2)14)13-8-11-5-3-4-6-12(11)15-13/h3-6,8-9H,7H2,1-2H3. The lowest BCUT2D eigenvalue weighted by atomic mass is 10.0. The van der Waals surface area contributed by atoms with Gasteiger partial charge in [0.2, 0.25) is 0 Å². The molecule has 2 nitrogen and oxygen atoms in total. The Morgan fingerprint density at radius 1 is 1.40 bits per heavy atom. The summed E-state index contributed by atoms with van der Waals surface area (Å²) in [5, 5.41) is 1.10. The van der Waals surface area contributed by atoms with Crippen LogP contribution < -0.4 is 0 Å². The third-order valence-corrected chi connectivity index (χ3v) is 2.52. The molecule has 0 aliphatic rings. The molecule has 1 atom stereocenters. The molecule has 2 aromatic rings. The van der Waals surface area contributed by atoms with E-state index in [9.17, 15) is 4.79 Å². The molecule has 0 saturated carbocycles. The maximum absolute atomic E-state index is 11.0. The van der Waals surface area contributed by atoms with Gasteiger partial charge in [0.15, 0.2) is 0 Å². The van der Waals surface area contributed by atoms with Crippen molar-refractivity contribution in [3.8, 4) is 0 Å². The number of Topliss-reactive ketones (excluding diaryl/α,β-unsaturated/α-hetero) is 1. The number of hydrogen-bond donors (Lipinski definition) is 0. The molecule has 0 amide bonds. The molecule has 2 heteroatoms. The SMILES string of the molecule is CC(=O)CC(C)c1cc2ccccc2o1. The van der Waals surface area contributed by atoms with Crippen molar-refractivity contribution in [3.63, 3.8) is 0 Å². The van der Waals surface area contributed by atoms with Gasteiger partial charge in [-0.2, -0.15) is 0 Å². The van der Waals surface area contributed by atoms with Gasteiger partial charge in [-0.1, -0.05) is 25.1 Å². The first-order valence-corrected chi connectivity index (χ1v) is 5.14. The molecule has 1 heterocycles. The summed E-state index contributed by atoms with van der Waals surface area (Å²) in [5.74, 6) is 1.25. The number of hydrogen-bond acceptors (Lipinski definition) is 2. The highest BCUT2D eigenvalue weighted by molar-refractivity contribution is 5.79. The predicted octanol–water partition coefficient (Wildman–Crippen LogP) is 3.52. The van der Waals surface area contributed by atoms with Gasteiger partial charge in [0.05, 0.1) is 0 Å². The van der Waals surface area contributed by atoms with E-state index >= 15 is 0 Å². The summed E-state index contributed by atoms with van der Waals surface area (Å²) in [6.07, 6.45) is 0.541. The molecule has 0 radical (unpaired) electrons. The molecule has 0 fully saturated rings. The van der Waals surface area contributed by atoms with Crippen LogP contribution in [-0.2, 0) is 4.79 Å². The Morgan fingerprint density at radius 3 is 2.80 bits per heavy atom. The summed E-state index contributed by atoms with van der Waals surface area (Å²) in [7, 11) is 0. The molecule has 1 aromatic heterocycles. The lowest BCUT2D eigenvalue weighted by Crippen LogP contribution is -1.98. The van der Waals surface area contributed by atoms with E-state index in [0.717, 1.165) is 16.7 Å². The zero-order valence-corrected chi connectivity index (χ0v) is 8.99. The Bertz CT molecular complexity index is 449. The van der Waals surface area contributed by atoms with Gasteiger partial charge in [-0.25, -0.2) is 0 Å². The number of furan rings is 1. The van der Waals surface area contributed by atoms with Crippen molar-refractivity contribution in [1.29, 1.82) is 0 Å². The van der Waals surface area contributed by atoms with E-state index in [1.54, 1.807) is 6.92 Å². The van der Waals surface area contributed by atoms with Gasteiger partial charge < -0.3 is 9.21 Å². The van der Waals surface area contributed by atoms with Crippen molar-refractivity contribution >= 4 is 16.8 Å². The number of carbonyl (C=O) groups excluding carboxylic acids is 1. The predicted molar refractivity (Wildman–Crippen MR) is 59.9 cm³/mol. The minimum absolute atomic E-state index is 0.162. The molecule has 1 unspecified atom stereocenters. The number of ketones is 1. The minimum atomic E-state index is 0.162. The zero-order chi connectivity index (χ0) is 10.8. The van der Waals surface area contributed by atoms with Crippen LogP contribution in [0.3, 0.4) is 0 Å². The molecular weight excluding hydrogens is 188 g/mol. The van der Waals surface area contributed by atoms with Crippen LogP contribution >= 0.6 is 0 Å². The molecule has 78 valence electrons. The van der Waals surface area contributed by atoms with Crippen LogP contribution in [0.25, 0.3) is 11.0 Å². The molecule has 0 aliphatic heterocycles. The van der Waals surface area contributed by atoms with Crippen molar-refractivity contribution in [1.82, 2.24) is 0 Å². The molecular formula is C13H14O2. The highest BCUT2D eigenvalue weighted by Gasteiger charge is 2.12. The second-order valence-electron chi connectivity index (χ2n) is 3.99. The number of benzene rings is 1. The highest BCUT2D eigenvalue weighted by atomic mass is 16.3. The summed E-state index contributed by atoms with van der Waals surface area (Å²) >= 11 is 0. The fourth-order valence-corrected chi connectivity index (χ4v) is 1.78.